The van der Waals surface area contributed by atoms with E-state index in [4.69, 9.17) is 15.2 Å². The molecule has 1 aliphatic rings. The highest BCUT2D eigenvalue weighted by molar-refractivity contribution is 5.66. The second kappa shape index (κ2) is 6.56. The molecule has 2 rings (SSSR count). The fourth-order valence-corrected chi connectivity index (χ4v) is 2.03. The van der Waals surface area contributed by atoms with E-state index >= 15 is 0 Å². The summed E-state index contributed by atoms with van der Waals surface area (Å²) < 4.78 is 10.9. The number of nitrogens with zero attached hydrogens (tertiary/aromatic N) is 2. The molecule has 0 atom stereocenters. The first-order chi connectivity index (χ1) is 9.16. The van der Waals surface area contributed by atoms with Gasteiger partial charge in [0.1, 0.15) is 12.0 Å². The minimum absolute atomic E-state index is 0.0422. The normalized spacial score (nSPS) is 16.6. The topological polar surface area (TPSA) is 82.3 Å². The quantitative estimate of drug-likeness (QED) is 0.844. The molecule has 106 valence electrons. The molecule has 19 heavy (non-hydrogen) atoms. The van der Waals surface area contributed by atoms with Gasteiger partial charge in [-0.3, -0.25) is 0 Å². The summed E-state index contributed by atoms with van der Waals surface area (Å²) in [5, 5.41) is 3.28. The first-order valence-electron chi connectivity index (χ1n) is 6.75. The van der Waals surface area contributed by atoms with Crippen molar-refractivity contribution in [3.8, 4) is 5.88 Å². The van der Waals surface area contributed by atoms with Crippen molar-refractivity contribution in [3.63, 3.8) is 0 Å². The minimum Gasteiger partial charge on any atom is -0.473 e. The standard InChI is InChI=1S/C13H22N4O2/c1-9(2)19-13-11(14)12(16-8-17-13)15-7-10-3-5-18-6-4-10/h8-10H,3-7,14H2,1-2H3,(H,15,16,17). The predicted octanol–water partition coefficient (Wildman–Crippen LogP) is 1.68. The Morgan fingerprint density at radius 2 is 2.16 bits per heavy atom. The molecule has 0 radical (unpaired) electrons. The number of hydrogen-bond donors (Lipinski definition) is 2. The van der Waals surface area contributed by atoms with Gasteiger partial charge in [0.15, 0.2) is 5.82 Å². The van der Waals surface area contributed by atoms with Gasteiger partial charge in [0.05, 0.1) is 6.10 Å². The molecule has 1 aromatic rings. The van der Waals surface area contributed by atoms with E-state index in [9.17, 15) is 0 Å². The molecule has 3 N–H and O–H groups in total. The van der Waals surface area contributed by atoms with Gasteiger partial charge in [-0.2, -0.15) is 4.98 Å². The van der Waals surface area contributed by atoms with Crippen molar-refractivity contribution in [2.45, 2.75) is 32.8 Å². The summed E-state index contributed by atoms with van der Waals surface area (Å²) in [6.45, 7) is 6.42. The first kappa shape index (κ1) is 13.9. The maximum absolute atomic E-state index is 6.01. The van der Waals surface area contributed by atoms with Crippen molar-refractivity contribution < 1.29 is 9.47 Å². The number of rotatable bonds is 5. The highest BCUT2D eigenvalue weighted by Gasteiger charge is 2.15. The highest BCUT2D eigenvalue weighted by atomic mass is 16.5. The third kappa shape index (κ3) is 3.96. The molecule has 0 unspecified atom stereocenters. The summed E-state index contributed by atoms with van der Waals surface area (Å²) in [6, 6.07) is 0. The second-order valence-electron chi connectivity index (χ2n) is 5.04. The average Bonchev–Trinajstić information content (AvgIpc) is 2.40. The lowest BCUT2D eigenvalue weighted by Crippen LogP contribution is -2.23. The molecule has 1 fully saturated rings. The van der Waals surface area contributed by atoms with Crippen LogP contribution in [0.5, 0.6) is 5.88 Å². The molecule has 0 bridgehead atoms. The van der Waals surface area contributed by atoms with Crippen molar-refractivity contribution in [2.24, 2.45) is 5.92 Å². The van der Waals surface area contributed by atoms with Crippen LogP contribution >= 0.6 is 0 Å². The summed E-state index contributed by atoms with van der Waals surface area (Å²) in [6.07, 6.45) is 3.67. The molecule has 6 nitrogen and oxygen atoms in total. The Kier molecular flexibility index (Phi) is 4.79. The average molecular weight is 266 g/mol. The Labute approximate surface area is 113 Å². The lowest BCUT2D eigenvalue weighted by molar-refractivity contribution is 0.0699. The van der Waals surface area contributed by atoms with Gasteiger partial charge in [0.25, 0.3) is 0 Å². The number of aromatic nitrogens is 2. The van der Waals surface area contributed by atoms with E-state index in [1.807, 2.05) is 13.8 Å². The van der Waals surface area contributed by atoms with Gasteiger partial charge in [0.2, 0.25) is 5.88 Å². The highest BCUT2D eigenvalue weighted by Crippen LogP contribution is 2.26. The molecule has 1 aromatic heterocycles. The fraction of sp³-hybridized carbons (Fsp3) is 0.692. The summed E-state index contributed by atoms with van der Waals surface area (Å²) in [5.41, 5.74) is 6.49. The monoisotopic (exact) mass is 266 g/mol. The summed E-state index contributed by atoms with van der Waals surface area (Å²) >= 11 is 0. The minimum atomic E-state index is 0.0422. The van der Waals surface area contributed by atoms with Crippen molar-refractivity contribution in [1.82, 2.24) is 9.97 Å². The number of nitrogen functional groups attached to an aromatic ring is 1. The Balaban J connectivity index is 1.95. The Hall–Kier alpha value is -1.56. The Bertz CT molecular complexity index is 406. The van der Waals surface area contributed by atoms with Gasteiger partial charge in [-0.25, -0.2) is 4.98 Å². The number of anilines is 2. The van der Waals surface area contributed by atoms with Gasteiger partial charge < -0.3 is 20.5 Å². The van der Waals surface area contributed by atoms with E-state index in [1.54, 1.807) is 0 Å². The molecule has 0 aromatic carbocycles. The maximum atomic E-state index is 6.01. The molecular weight excluding hydrogens is 244 g/mol. The predicted molar refractivity (Wildman–Crippen MR) is 74.2 cm³/mol. The van der Waals surface area contributed by atoms with E-state index in [1.165, 1.54) is 6.33 Å². The van der Waals surface area contributed by atoms with Crippen LogP contribution in [0.1, 0.15) is 26.7 Å². The zero-order valence-corrected chi connectivity index (χ0v) is 11.6. The number of nitrogens with two attached hydrogens (primary N) is 1. The summed E-state index contributed by atoms with van der Waals surface area (Å²) in [7, 11) is 0. The van der Waals surface area contributed by atoms with Gasteiger partial charge in [0, 0.05) is 19.8 Å². The van der Waals surface area contributed by atoms with Crippen LogP contribution in [-0.4, -0.2) is 35.8 Å². The van der Waals surface area contributed by atoms with Gasteiger partial charge in [-0.1, -0.05) is 0 Å². The van der Waals surface area contributed by atoms with Crippen LogP contribution in [0.2, 0.25) is 0 Å². The van der Waals surface area contributed by atoms with Crippen molar-refractivity contribution in [2.75, 3.05) is 30.8 Å². The zero-order valence-electron chi connectivity index (χ0n) is 11.6. The van der Waals surface area contributed by atoms with E-state index < -0.39 is 0 Å². The van der Waals surface area contributed by atoms with E-state index in [2.05, 4.69) is 15.3 Å². The number of hydrogen-bond acceptors (Lipinski definition) is 6. The second-order valence-corrected chi connectivity index (χ2v) is 5.04. The van der Waals surface area contributed by atoms with Crippen molar-refractivity contribution >= 4 is 11.5 Å². The summed E-state index contributed by atoms with van der Waals surface area (Å²) in [5.74, 6) is 1.70. The van der Waals surface area contributed by atoms with Gasteiger partial charge in [-0.05, 0) is 32.6 Å². The molecule has 2 heterocycles. The van der Waals surface area contributed by atoms with Crippen LogP contribution in [0, 0.1) is 5.92 Å². The number of nitrogens with one attached hydrogen (secondary N) is 1. The SMILES string of the molecule is CC(C)Oc1ncnc(NCC2CCOCC2)c1N. The van der Waals surface area contributed by atoms with Crippen molar-refractivity contribution in [1.29, 1.82) is 0 Å². The Morgan fingerprint density at radius 1 is 1.42 bits per heavy atom. The van der Waals surface area contributed by atoms with Crippen LogP contribution in [0.4, 0.5) is 11.5 Å². The Morgan fingerprint density at radius 3 is 2.84 bits per heavy atom. The van der Waals surface area contributed by atoms with Crippen LogP contribution in [0.25, 0.3) is 0 Å². The first-order valence-corrected chi connectivity index (χ1v) is 6.75. The van der Waals surface area contributed by atoms with Crippen LogP contribution in [0.15, 0.2) is 6.33 Å². The van der Waals surface area contributed by atoms with Crippen LogP contribution in [0.3, 0.4) is 0 Å². The maximum Gasteiger partial charge on any atom is 0.242 e. The van der Waals surface area contributed by atoms with E-state index in [0.717, 1.165) is 32.6 Å². The zero-order chi connectivity index (χ0) is 13.7. The van der Waals surface area contributed by atoms with E-state index in [0.29, 0.717) is 23.3 Å². The molecule has 0 amide bonds. The third-order valence-corrected chi connectivity index (χ3v) is 3.09. The molecule has 1 aliphatic heterocycles. The van der Waals surface area contributed by atoms with E-state index in [-0.39, 0.29) is 6.10 Å². The molecular formula is C13H22N4O2. The molecule has 0 spiro atoms. The van der Waals surface area contributed by atoms with Crippen molar-refractivity contribution in [3.05, 3.63) is 6.33 Å². The molecule has 6 heteroatoms. The smallest absolute Gasteiger partial charge is 0.242 e. The lowest BCUT2D eigenvalue weighted by atomic mass is 10.0. The lowest BCUT2D eigenvalue weighted by Gasteiger charge is -2.22. The number of ether oxygens (including phenoxy) is 2. The third-order valence-electron chi connectivity index (χ3n) is 3.09. The summed E-state index contributed by atoms with van der Waals surface area (Å²) in [4.78, 5) is 8.23. The molecule has 0 saturated carbocycles. The largest absolute Gasteiger partial charge is 0.473 e. The fourth-order valence-electron chi connectivity index (χ4n) is 2.03. The van der Waals surface area contributed by atoms with Crippen LogP contribution < -0.4 is 15.8 Å². The van der Waals surface area contributed by atoms with Gasteiger partial charge >= 0.3 is 0 Å². The van der Waals surface area contributed by atoms with Crippen LogP contribution in [-0.2, 0) is 4.74 Å². The molecule has 0 aliphatic carbocycles. The molecule has 1 saturated heterocycles. The van der Waals surface area contributed by atoms with Gasteiger partial charge in [-0.15, -0.1) is 0 Å².